The zero-order chi connectivity index (χ0) is 13.9. The van der Waals surface area contributed by atoms with E-state index in [1.807, 2.05) is 6.20 Å². The van der Waals surface area contributed by atoms with Crippen LogP contribution in [0.15, 0.2) is 12.3 Å². The fraction of sp³-hybridized carbons (Fsp3) is 0.786. The van der Waals surface area contributed by atoms with Crippen molar-refractivity contribution in [2.45, 2.75) is 46.2 Å². The molecule has 1 unspecified atom stereocenters. The van der Waals surface area contributed by atoms with Crippen molar-refractivity contribution in [3.05, 3.63) is 18.0 Å². The van der Waals surface area contributed by atoms with Crippen LogP contribution in [0, 0.1) is 11.3 Å². The molecule has 2 aliphatic rings. The molecular weight excluding hydrogens is 256 g/mol. The molecule has 1 saturated heterocycles. The van der Waals surface area contributed by atoms with Crippen LogP contribution < -0.4 is 10.0 Å². The lowest BCUT2D eigenvalue weighted by molar-refractivity contribution is 0.151. The highest BCUT2D eigenvalue weighted by Gasteiger charge is 2.46. The molecule has 1 aromatic rings. The maximum absolute atomic E-state index is 4.37. The Hall–Kier alpha value is -0.520. The highest BCUT2D eigenvalue weighted by atomic mass is 32.1. The average Bonchev–Trinajstić information content (AvgIpc) is 2.87. The minimum absolute atomic E-state index is 0.330. The van der Waals surface area contributed by atoms with Crippen molar-refractivity contribution < 1.29 is 0 Å². The van der Waals surface area contributed by atoms with Gasteiger partial charge in [-0.15, -0.1) is 0 Å². The third-order valence-corrected chi connectivity index (χ3v) is 4.11. The molecular formula is C14H26N4S. The zero-order valence-corrected chi connectivity index (χ0v) is 13.1. The Morgan fingerprint density at radius 3 is 2.63 bits per heavy atom. The summed E-state index contributed by atoms with van der Waals surface area (Å²) in [5.41, 5.74) is 1.61. The number of thiol groups is 1. The summed E-state index contributed by atoms with van der Waals surface area (Å²) >= 11 is 4.29. The van der Waals surface area contributed by atoms with Crippen LogP contribution in [0.4, 0.5) is 0 Å². The second-order valence-electron chi connectivity index (χ2n) is 6.32. The molecule has 0 aromatic carbocycles. The molecule has 4 nitrogen and oxygen atoms in total. The SMILES string of the molecule is CC(C)C.SNC1c2ccnn2CC12CCNCC2. The second kappa shape index (κ2) is 6.29. The summed E-state index contributed by atoms with van der Waals surface area (Å²) in [6.07, 6.45) is 4.28. The largest absolute Gasteiger partial charge is 0.317 e. The Bertz CT molecular complexity index is 393. The van der Waals surface area contributed by atoms with E-state index in [-0.39, 0.29) is 0 Å². The summed E-state index contributed by atoms with van der Waals surface area (Å²) in [6.45, 7) is 9.75. The molecule has 0 radical (unpaired) electrons. The second-order valence-corrected chi connectivity index (χ2v) is 6.58. The molecule has 2 N–H and O–H groups in total. The van der Waals surface area contributed by atoms with Crippen molar-refractivity contribution in [2.24, 2.45) is 11.3 Å². The van der Waals surface area contributed by atoms with E-state index in [2.05, 4.69) is 59.5 Å². The van der Waals surface area contributed by atoms with Gasteiger partial charge in [0.05, 0.1) is 11.7 Å². The molecule has 3 heterocycles. The van der Waals surface area contributed by atoms with Crippen LogP contribution in [0.3, 0.4) is 0 Å². The Morgan fingerprint density at radius 2 is 2.05 bits per heavy atom. The van der Waals surface area contributed by atoms with Gasteiger partial charge in [0.25, 0.3) is 0 Å². The maximum Gasteiger partial charge on any atom is 0.0663 e. The van der Waals surface area contributed by atoms with Crippen molar-refractivity contribution in [3.63, 3.8) is 0 Å². The lowest BCUT2D eigenvalue weighted by Gasteiger charge is -2.37. The molecule has 5 heteroatoms. The van der Waals surface area contributed by atoms with Crippen LogP contribution >= 0.6 is 12.8 Å². The van der Waals surface area contributed by atoms with Crippen molar-refractivity contribution in [3.8, 4) is 0 Å². The monoisotopic (exact) mass is 282 g/mol. The molecule has 1 aromatic heterocycles. The average molecular weight is 282 g/mol. The van der Waals surface area contributed by atoms with E-state index in [0.717, 1.165) is 25.6 Å². The predicted octanol–water partition coefficient (Wildman–Crippen LogP) is 2.40. The van der Waals surface area contributed by atoms with Crippen LogP contribution in [0.1, 0.15) is 45.3 Å². The van der Waals surface area contributed by atoms with E-state index in [4.69, 9.17) is 0 Å². The van der Waals surface area contributed by atoms with Crippen LogP contribution in [0.25, 0.3) is 0 Å². The lowest BCUT2D eigenvalue weighted by atomic mass is 9.74. The molecule has 0 aliphatic carbocycles. The van der Waals surface area contributed by atoms with Gasteiger partial charge in [-0.25, -0.2) is 0 Å². The number of piperidine rings is 1. The third-order valence-electron chi connectivity index (χ3n) is 3.85. The van der Waals surface area contributed by atoms with Gasteiger partial charge in [-0.2, -0.15) is 5.10 Å². The summed E-state index contributed by atoms with van der Waals surface area (Å²) in [6, 6.07) is 2.45. The minimum Gasteiger partial charge on any atom is -0.317 e. The Balaban J connectivity index is 0.000000297. The van der Waals surface area contributed by atoms with Gasteiger partial charge in [-0.3, -0.25) is 9.40 Å². The number of aromatic nitrogens is 2. The van der Waals surface area contributed by atoms with Gasteiger partial charge in [0.2, 0.25) is 0 Å². The molecule has 0 saturated carbocycles. The number of fused-ring (bicyclic) bond motifs is 1. The molecule has 0 bridgehead atoms. The molecule has 3 rings (SSSR count). The molecule has 19 heavy (non-hydrogen) atoms. The molecule has 2 aliphatic heterocycles. The van der Waals surface area contributed by atoms with E-state index in [1.165, 1.54) is 18.5 Å². The number of hydrogen-bond acceptors (Lipinski definition) is 4. The summed E-state index contributed by atoms with van der Waals surface area (Å²) in [5.74, 6) is 0.833. The van der Waals surface area contributed by atoms with Gasteiger partial charge in [0, 0.05) is 18.2 Å². The zero-order valence-electron chi connectivity index (χ0n) is 12.2. The van der Waals surface area contributed by atoms with Gasteiger partial charge in [-0.1, -0.05) is 33.6 Å². The number of nitrogens with zero attached hydrogens (tertiary/aromatic N) is 2. The van der Waals surface area contributed by atoms with Crippen molar-refractivity contribution in [2.75, 3.05) is 13.1 Å². The van der Waals surface area contributed by atoms with Crippen molar-refractivity contribution in [1.29, 1.82) is 0 Å². The van der Waals surface area contributed by atoms with Crippen molar-refractivity contribution in [1.82, 2.24) is 19.8 Å². The molecule has 0 amide bonds. The number of rotatable bonds is 1. The highest BCUT2D eigenvalue weighted by molar-refractivity contribution is 7.78. The highest BCUT2D eigenvalue weighted by Crippen LogP contribution is 2.47. The van der Waals surface area contributed by atoms with E-state index >= 15 is 0 Å². The van der Waals surface area contributed by atoms with Crippen LogP contribution in [0.5, 0.6) is 0 Å². The van der Waals surface area contributed by atoms with Crippen LogP contribution in [-0.2, 0) is 6.54 Å². The minimum atomic E-state index is 0.330. The summed E-state index contributed by atoms with van der Waals surface area (Å²) < 4.78 is 5.30. The Labute approximate surface area is 121 Å². The van der Waals surface area contributed by atoms with E-state index < -0.39 is 0 Å². The number of nitrogens with one attached hydrogen (secondary N) is 2. The molecule has 1 atom stereocenters. The first-order valence-electron chi connectivity index (χ1n) is 7.21. The van der Waals surface area contributed by atoms with Gasteiger partial charge < -0.3 is 5.32 Å². The topological polar surface area (TPSA) is 41.9 Å². The fourth-order valence-electron chi connectivity index (χ4n) is 3.00. The standard InChI is InChI=1S/C10H16N4S.C4H10/c15-13-9-8-1-4-12-14(8)7-10(9)2-5-11-6-3-10;1-4(2)3/h1,4,9,11,13,15H,2-3,5-7H2;4H,1-3H3. The van der Waals surface area contributed by atoms with Gasteiger partial charge >= 0.3 is 0 Å². The quantitative estimate of drug-likeness (QED) is 0.693. The summed E-state index contributed by atoms with van der Waals surface area (Å²) in [7, 11) is 0. The Kier molecular flexibility index (Phi) is 4.92. The third kappa shape index (κ3) is 3.15. The van der Waals surface area contributed by atoms with Crippen LogP contribution in [-0.4, -0.2) is 22.9 Å². The molecule has 108 valence electrons. The number of hydrogen-bond donors (Lipinski definition) is 3. The van der Waals surface area contributed by atoms with Crippen molar-refractivity contribution >= 4 is 12.8 Å². The summed E-state index contributed by atoms with van der Waals surface area (Å²) in [5, 5.41) is 7.78. The van der Waals surface area contributed by atoms with Crippen LogP contribution in [0.2, 0.25) is 0 Å². The summed E-state index contributed by atoms with van der Waals surface area (Å²) in [4.78, 5) is 0. The van der Waals surface area contributed by atoms with E-state index in [1.54, 1.807) is 0 Å². The van der Waals surface area contributed by atoms with E-state index in [0.29, 0.717) is 11.5 Å². The lowest BCUT2D eigenvalue weighted by Crippen LogP contribution is -2.42. The first kappa shape index (κ1) is 14.9. The maximum atomic E-state index is 4.37. The fourth-order valence-corrected chi connectivity index (χ4v) is 3.40. The smallest absolute Gasteiger partial charge is 0.0663 e. The molecule has 1 spiro atoms. The predicted molar refractivity (Wildman–Crippen MR) is 82.1 cm³/mol. The molecule has 1 fully saturated rings. The van der Waals surface area contributed by atoms with Gasteiger partial charge in [-0.05, 0) is 37.9 Å². The van der Waals surface area contributed by atoms with E-state index in [9.17, 15) is 0 Å². The Morgan fingerprint density at radius 1 is 1.42 bits per heavy atom. The normalized spacial score (nSPS) is 24.2. The first-order chi connectivity index (χ1) is 9.09. The van der Waals surface area contributed by atoms with Gasteiger partial charge in [0.15, 0.2) is 0 Å². The van der Waals surface area contributed by atoms with Gasteiger partial charge in [0.1, 0.15) is 0 Å². The first-order valence-corrected chi connectivity index (χ1v) is 7.66.